The lowest BCUT2D eigenvalue weighted by atomic mass is 9.78. The third-order valence-corrected chi connectivity index (χ3v) is 7.53. The molecule has 1 aromatic carbocycles. The van der Waals surface area contributed by atoms with E-state index in [0.717, 1.165) is 31.7 Å². The van der Waals surface area contributed by atoms with Crippen LogP contribution in [0.25, 0.3) is 0 Å². The second-order valence-corrected chi connectivity index (χ2v) is 9.31. The van der Waals surface area contributed by atoms with E-state index in [1.807, 2.05) is 23.6 Å². The lowest BCUT2D eigenvalue weighted by Crippen LogP contribution is -2.44. The molecule has 0 unspecified atom stereocenters. The molecular formula is C25H33F3N4O2. The minimum Gasteiger partial charge on any atom is -0.370 e. The molecule has 1 N–H and O–H groups in total. The van der Waals surface area contributed by atoms with Crippen molar-refractivity contribution in [3.8, 4) is 6.07 Å². The third kappa shape index (κ3) is 5.31. The summed E-state index contributed by atoms with van der Waals surface area (Å²) in [5.74, 6) is -0.0456. The van der Waals surface area contributed by atoms with Gasteiger partial charge >= 0.3 is 6.18 Å². The molecule has 2 heterocycles. The maximum Gasteiger partial charge on any atom is 0.417 e. The number of carbonyl (C=O) groups is 2. The SMILES string of the molecule is CCC(CC)C(=O)N1CCC([C@@H]2CN(c3ccc(C#N)c(C(F)(F)F)c3)C[C@H]2C(=O)NC)CC1. The number of anilines is 1. The van der Waals surface area contributed by atoms with Crippen molar-refractivity contribution in [1.29, 1.82) is 5.26 Å². The monoisotopic (exact) mass is 478 g/mol. The third-order valence-electron chi connectivity index (χ3n) is 7.53. The fraction of sp³-hybridized carbons (Fsp3) is 0.640. The van der Waals surface area contributed by atoms with Crippen molar-refractivity contribution >= 4 is 17.5 Å². The van der Waals surface area contributed by atoms with E-state index in [2.05, 4.69) is 5.32 Å². The lowest BCUT2D eigenvalue weighted by molar-refractivity contribution is -0.138. The van der Waals surface area contributed by atoms with E-state index in [9.17, 15) is 22.8 Å². The van der Waals surface area contributed by atoms with E-state index in [0.29, 0.717) is 31.9 Å². The van der Waals surface area contributed by atoms with Gasteiger partial charge in [-0.3, -0.25) is 9.59 Å². The van der Waals surface area contributed by atoms with Crippen molar-refractivity contribution in [2.24, 2.45) is 23.7 Å². The normalized spacial score (nSPS) is 21.6. The maximum absolute atomic E-state index is 13.5. The Kier molecular flexibility index (Phi) is 8.11. The summed E-state index contributed by atoms with van der Waals surface area (Å²) in [4.78, 5) is 29.2. The van der Waals surface area contributed by atoms with Crippen LogP contribution in [0, 0.1) is 35.0 Å². The molecule has 0 radical (unpaired) electrons. The van der Waals surface area contributed by atoms with E-state index >= 15 is 0 Å². The summed E-state index contributed by atoms with van der Waals surface area (Å²) >= 11 is 0. The van der Waals surface area contributed by atoms with Crippen LogP contribution in [0.4, 0.5) is 18.9 Å². The number of nitrogens with zero attached hydrogens (tertiary/aromatic N) is 3. The highest BCUT2D eigenvalue weighted by Gasteiger charge is 2.43. The summed E-state index contributed by atoms with van der Waals surface area (Å²) in [7, 11) is 1.57. The zero-order chi connectivity index (χ0) is 25.0. The van der Waals surface area contributed by atoms with Gasteiger partial charge in [-0.1, -0.05) is 13.8 Å². The van der Waals surface area contributed by atoms with Gasteiger partial charge < -0.3 is 15.1 Å². The molecule has 2 amide bonds. The number of hydrogen-bond acceptors (Lipinski definition) is 4. The molecule has 0 aliphatic carbocycles. The van der Waals surface area contributed by atoms with Gasteiger partial charge in [-0.15, -0.1) is 0 Å². The summed E-state index contributed by atoms with van der Waals surface area (Å²) in [6.07, 6.45) is -1.45. The highest BCUT2D eigenvalue weighted by molar-refractivity contribution is 5.80. The molecule has 6 nitrogen and oxygen atoms in total. The molecule has 0 saturated carbocycles. The number of amides is 2. The second-order valence-electron chi connectivity index (χ2n) is 9.31. The smallest absolute Gasteiger partial charge is 0.370 e. The van der Waals surface area contributed by atoms with E-state index in [1.165, 1.54) is 12.1 Å². The summed E-state index contributed by atoms with van der Waals surface area (Å²) in [6.45, 7) is 6.12. The summed E-state index contributed by atoms with van der Waals surface area (Å²) < 4.78 is 40.4. The van der Waals surface area contributed by atoms with Gasteiger partial charge in [0.05, 0.1) is 23.1 Å². The molecule has 34 heavy (non-hydrogen) atoms. The Hall–Kier alpha value is -2.76. The van der Waals surface area contributed by atoms with Gasteiger partial charge in [0.15, 0.2) is 0 Å². The van der Waals surface area contributed by atoms with Crippen molar-refractivity contribution in [2.45, 2.75) is 45.7 Å². The van der Waals surface area contributed by atoms with Gasteiger partial charge in [-0.25, -0.2) is 0 Å². The van der Waals surface area contributed by atoms with Gasteiger partial charge in [0, 0.05) is 44.8 Å². The van der Waals surface area contributed by atoms with E-state index in [1.54, 1.807) is 13.1 Å². The van der Waals surface area contributed by atoms with Crippen molar-refractivity contribution in [1.82, 2.24) is 10.2 Å². The van der Waals surface area contributed by atoms with Gasteiger partial charge in [0.1, 0.15) is 0 Å². The molecule has 3 rings (SSSR count). The average molecular weight is 479 g/mol. The molecule has 2 saturated heterocycles. The fourth-order valence-electron chi connectivity index (χ4n) is 5.49. The predicted molar refractivity (Wildman–Crippen MR) is 123 cm³/mol. The van der Waals surface area contributed by atoms with Gasteiger partial charge in [0.2, 0.25) is 11.8 Å². The number of nitrogens with one attached hydrogen (secondary N) is 1. The molecule has 0 bridgehead atoms. The van der Waals surface area contributed by atoms with Crippen molar-refractivity contribution in [2.75, 3.05) is 38.1 Å². The number of nitriles is 1. The quantitative estimate of drug-likeness (QED) is 0.669. The van der Waals surface area contributed by atoms with Crippen LogP contribution in [-0.4, -0.2) is 49.9 Å². The van der Waals surface area contributed by atoms with Crippen LogP contribution in [0.2, 0.25) is 0 Å². The fourth-order valence-corrected chi connectivity index (χ4v) is 5.49. The van der Waals surface area contributed by atoms with Crippen molar-refractivity contribution < 1.29 is 22.8 Å². The van der Waals surface area contributed by atoms with Crippen LogP contribution >= 0.6 is 0 Å². The van der Waals surface area contributed by atoms with E-state index in [-0.39, 0.29) is 35.5 Å². The molecule has 9 heteroatoms. The van der Waals surface area contributed by atoms with E-state index < -0.39 is 17.3 Å². The molecule has 1 aromatic rings. The molecule has 2 atom stereocenters. The Morgan fingerprint density at radius 2 is 1.82 bits per heavy atom. The first-order chi connectivity index (χ1) is 16.1. The number of halogens is 3. The largest absolute Gasteiger partial charge is 0.417 e. The number of benzene rings is 1. The van der Waals surface area contributed by atoms with Crippen molar-refractivity contribution in [3.05, 3.63) is 29.3 Å². The second kappa shape index (κ2) is 10.7. The molecule has 2 fully saturated rings. The first-order valence-electron chi connectivity index (χ1n) is 12.0. The number of carbonyl (C=O) groups excluding carboxylic acids is 2. The lowest BCUT2D eigenvalue weighted by Gasteiger charge is -2.37. The molecule has 2 aliphatic heterocycles. The van der Waals surface area contributed by atoms with Gasteiger partial charge in [-0.05, 0) is 55.7 Å². The van der Waals surface area contributed by atoms with E-state index in [4.69, 9.17) is 5.26 Å². The Balaban J connectivity index is 1.77. The Morgan fingerprint density at radius 3 is 2.35 bits per heavy atom. The highest BCUT2D eigenvalue weighted by atomic mass is 19.4. The standard InChI is InChI=1S/C25H33F3N4O2/c1-4-16(5-2)24(34)31-10-8-17(9-11-31)20-14-32(15-21(20)23(33)30-3)19-7-6-18(13-29)22(12-19)25(26,27)28/h6-7,12,16-17,20-21H,4-5,8-11,14-15H2,1-3H3,(H,30,33)/t20-,21+/m0/s1. The van der Waals surface area contributed by atoms with Crippen LogP contribution < -0.4 is 10.2 Å². The number of likely N-dealkylation sites (tertiary alicyclic amines) is 1. The number of alkyl halides is 3. The van der Waals surface area contributed by atoms with Crippen LogP contribution in [-0.2, 0) is 15.8 Å². The average Bonchev–Trinajstić information content (AvgIpc) is 3.29. The Labute approximate surface area is 199 Å². The molecule has 186 valence electrons. The molecular weight excluding hydrogens is 445 g/mol. The first kappa shape index (κ1) is 25.9. The maximum atomic E-state index is 13.5. The zero-order valence-electron chi connectivity index (χ0n) is 20.0. The van der Waals surface area contributed by atoms with Crippen LogP contribution in [0.3, 0.4) is 0 Å². The summed E-state index contributed by atoms with van der Waals surface area (Å²) in [5, 5.41) is 11.8. The van der Waals surface area contributed by atoms with Crippen LogP contribution in [0.5, 0.6) is 0 Å². The number of rotatable bonds is 6. The minimum absolute atomic E-state index is 0.0182. The molecule has 2 aliphatic rings. The first-order valence-corrected chi connectivity index (χ1v) is 12.0. The molecule has 0 aromatic heterocycles. The van der Waals surface area contributed by atoms with Gasteiger partial charge in [0.25, 0.3) is 0 Å². The van der Waals surface area contributed by atoms with Crippen molar-refractivity contribution in [3.63, 3.8) is 0 Å². The number of hydrogen-bond donors (Lipinski definition) is 1. The van der Waals surface area contributed by atoms with Gasteiger partial charge in [-0.2, -0.15) is 18.4 Å². The van der Waals surface area contributed by atoms with Crippen LogP contribution in [0.1, 0.15) is 50.7 Å². The minimum atomic E-state index is -4.63. The Bertz CT molecular complexity index is 931. The summed E-state index contributed by atoms with van der Waals surface area (Å²) in [6, 6.07) is 5.34. The number of piperidine rings is 1. The topological polar surface area (TPSA) is 76.4 Å². The predicted octanol–water partition coefficient (Wildman–Crippen LogP) is 4.05. The summed E-state index contributed by atoms with van der Waals surface area (Å²) in [5.41, 5.74) is -1.01. The Morgan fingerprint density at radius 1 is 1.18 bits per heavy atom. The highest BCUT2D eigenvalue weighted by Crippen LogP contribution is 2.40. The zero-order valence-corrected chi connectivity index (χ0v) is 20.0. The van der Waals surface area contributed by atoms with Crippen LogP contribution in [0.15, 0.2) is 18.2 Å². The molecule has 0 spiro atoms.